The zero-order chi connectivity index (χ0) is 25.7. The van der Waals surface area contributed by atoms with Crippen LogP contribution in [0.25, 0.3) is 11.3 Å². The van der Waals surface area contributed by atoms with Crippen molar-refractivity contribution in [2.24, 2.45) is 5.92 Å². The maximum Gasteiger partial charge on any atom is 0.169 e. The molecule has 1 fully saturated rings. The van der Waals surface area contributed by atoms with Gasteiger partial charge in [0, 0.05) is 46.2 Å². The van der Waals surface area contributed by atoms with Crippen molar-refractivity contribution in [3.63, 3.8) is 0 Å². The summed E-state index contributed by atoms with van der Waals surface area (Å²) in [6.07, 6.45) is 3.50. The minimum Gasteiger partial charge on any atom is -0.381 e. The highest BCUT2D eigenvalue weighted by Gasteiger charge is 2.27. The van der Waals surface area contributed by atoms with E-state index in [1.54, 1.807) is 24.4 Å². The predicted molar refractivity (Wildman–Crippen MR) is 147 cm³/mol. The first-order chi connectivity index (χ1) is 17.3. The molecule has 4 rings (SSSR count). The predicted octanol–water partition coefficient (Wildman–Crippen LogP) is 5.08. The fourth-order valence-corrected chi connectivity index (χ4v) is 4.85. The summed E-state index contributed by atoms with van der Waals surface area (Å²) in [7, 11) is 0. The maximum atomic E-state index is 12.4. The standard InChI is InChI=1S/C27H32Cl2N6O/c1-16(2)25(36)23-12-19(10-11-31-23)32-13-17-6-8-18(9-7-17)24-15-33-26(30)27(35-24)34-14-20-21(28)4-3-5-22(20)29/h3-9,15-16,19,23,31-32H,10-14H2,1-2H3,(H2,30,33)(H,34,35)/t19?,23-/m0/s1. The van der Waals surface area contributed by atoms with Crippen molar-refractivity contribution in [2.75, 3.05) is 17.6 Å². The van der Waals surface area contributed by atoms with Crippen LogP contribution in [-0.2, 0) is 17.9 Å². The van der Waals surface area contributed by atoms with Gasteiger partial charge in [0.15, 0.2) is 17.4 Å². The minimum atomic E-state index is -0.0561. The van der Waals surface area contributed by atoms with Crippen LogP contribution in [0.5, 0.6) is 0 Å². The molecule has 5 N–H and O–H groups in total. The Hall–Kier alpha value is -2.71. The Kier molecular flexibility index (Phi) is 8.80. The van der Waals surface area contributed by atoms with Crippen LogP contribution in [0.2, 0.25) is 10.0 Å². The lowest BCUT2D eigenvalue weighted by Gasteiger charge is -2.31. The molecule has 0 spiro atoms. The van der Waals surface area contributed by atoms with Crippen molar-refractivity contribution in [3.05, 3.63) is 69.8 Å². The Labute approximate surface area is 222 Å². The van der Waals surface area contributed by atoms with E-state index in [-0.39, 0.29) is 12.0 Å². The number of aromatic nitrogens is 2. The number of nitrogens with two attached hydrogens (primary N) is 1. The first kappa shape index (κ1) is 26.4. The normalized spacial score (nSPS) is 17.8. The highest BCUT2D eigenvalue weighted by molar-refractivity contribution is 6.36. The van der Waals surface area contributed by atoms with Crippen LogP contribution in [0, 0.1) is 5.92 Å². The van der Waals surface area contributed by atoms with Crippen LogP contribution >= 0.6 is 23.2 Å². The Morgan fingerprint density at radius 1 is 1.14 bits per heavy atom. The molecule has 7 nitrogen and oxygen atoms in total. The molecule has 3 aromatic rings. The van der Waals surface area contributed by atoms with Gasteiger partial charge in [0.05, 0.1) is 17.9 Å². The fraction of sp³-hybridized carbons (Fsp3) is 0.370. The second kappa shape index (κ2) is 12.0. The van der Waals surface area contributed by atoms with Crippen molar-refractivity contribution < 1.29 is 4.79 Å². The van der Waals surface area contributed by atoms with E-state index < -0.39 is 0 Å². The van der Waals surface area contributed by atoms with E-state index >= 15 is 0 Å². The summed E-state index contributed by atoms with van der Waals surface area (Å²) in [5.74, 6) is 1.12. The topological polar surface area (TPSA) is 105 Å². The van der Waals surface area contributed by atoms with Crippen LogP contribution < -0.4 is 21.7 Å². The Morgan fingerprint density at radius 2 is 1.86 bits per heavy atom. The second-order valence-electron chi connectivity index (χ2n) is 9.41. The number of halogens is 2. The van der Waals surface area contributed by atoms with Crippen molar-refractivity contribution in [2.45, 2.75) is 51.9 Å². The van der Waals surface area contributed by atoms with Crippen LogP contribution in [0.4, 0.5) is 11.6 Å². The van der Waals surface area contributed by atoms with Crippen LogP contribution in [0.3, 0.4) is 0 Å². The number of Topliss-reactive ketones (excluding diaryl/α,β-unsaturated/α-hetero) is 1. The smallest absolute Gasteiger partial charge is 0.169 e. The monoisotopic (exact) mass is 526 g/mol. The first-order valence-corrected chi connectivity index (χ1v) is 13.0. The number of nitrogens with zero attached hydrogens (tertiary/aromatic N) is 2. The molecule has 190 valence electrons. The van der Waals surface area contributed by atoms with Gasteiger partial charge >= 0.3 is 0 Å². The Bertz CT molecular complexity index is 1180. The summed E-state index contributed by atoms with van der Waals surface area (Å²) in [6, 6.07) is 13.9. The maximum absolute atomic E-state index is 12.4. The molecule has 0 amide bonds. The molecule has 2 atom stereocenters. The Balaban J connectivity index is 1.37. The quantitative estimate of drug-likeness (QED) is 0.308. The third-order valence-electron chi connectivity index (χ3n) is 6.46. The summed E-state index contributed by atoms with van der Waals surface area (Å²) in [5, 5.41) is 11.3. The SMILES string of the molecule is CC(C)C(=O)[C@@H]1CC(NCc2ccc(-c3cnc(N)c(NCc4c(Cl)cccc4Cl)n3)cc2)CCN1. The molecule has 1 aliphatic heterocycles. The van der Waals surface area contributed by atoms with Crippen LogP contribution in [0.1, 0.15) is 37.8 Å². The summed E-state index contributed by atoms with van der Waals surface area (Å²) in [4.78, 5) is 21.3. The number of anilines is 2. The summed E-state index contributed by atoms with van der Waals surface area (Å²) < 4.78 is 0. The van der Waals surface area contributed by atoms with E-state index in [4.69, 9.17) is 28.9 Å². The third-order valence-corrected chi connectivity index (χ3v) is 7.16. The number of benzene rings is 2. The largest absolute Gasteiger partial charge is 0.381 e. The molecule has 0 radical (unpaired) electrons. The number of carbonyl (C=O) groups is 1. The number of carbonyl (C=O) groups excluding carboxylic acids is 1. The van der Waals surface area contributed by atoms with Gasteiger partial charge in [0.1, 0.15) is 0 Å². The first-order valence-electron chi connectivity index (χ1n) is 12.2. The van der Waals surface area contributed by atoms with Gasteiger partial charge in [-0.3, -0.25) is 4.79 Å². The van der Waals surface area contributed by atoms with Crippen molar-refractivity contribution in [3.8, 4) is 11.3 Å². The van der Waals surface area contributed by atoms with Gasteiger partial charge in [-0.15, -0.1) is 0 Å². The summed E-state index contributed by atoms with van der Waals surface area (Å²) in [6.45, 7) is 5.90. The molecule has 36 heavy (non-hydrogen) atoms. The van der Waals surface area contributed by atoms with E-state index in [2.05, 4.69) is 38.1 Å². The van der Waals surface area contributed by atoms with Crippen LogP contribution in [0.15, 0.2) is 48.7 Å². The van der Waals surface area contributed by atoms with E-state index in [1.807, 2.05) is 26.0 Å². The molecule has 1 aliphatic rings. The zero-order valence-corrected chi connectivity index (χ0v) is 22.0. The van der Waals surface area contributed by atoms with Crippen LogP contribution in [-0.4, -0.2) is 34.4 Å². The van der Waals surface area contributed by atoms with Gasteiger partial charge < -0.3 is 21.7 Å². The highest BCUT2D eigenvalue weighted by Crippen LogP contribution is 2.27. The number of nitrogen functional groups attached to an aromatic ring is 1. The van der Waals surface area contributed by atoms with Gasteiger partial charge in [-0.25, -0.2) is 9.97 Å². The van der Waals surface area contributed by atoms with Crippen molar-refractivity contribution >= 4 is 40.6 Å². The molecule has 9 heteroatoms. The van der Waals surface area contributed by atoms with Gasteiger partial charge in [0.25, 0.3) is 0 Å². The minimum absolute atomic E-state index is 0.0508. The highest BCUT2D eigenvalue weighted by atomic mass is 35.5. The zero-order valence-electron chi connectivity index (χ0n) is 20.5. The number of ketones is 1. The molecule has 0 bridgehead atoms. The number of hydrogen-bond acceptors (Lipinski definition) is 7. The molecule has 2 heterocycles. The van der Waals surface area contributed by atoms with Gasteiger partial charge in [0.2, 0.25) is 0 Å². The van der Waals surface area contributed by atoms with E-state index in [9.17, 15) is 4.79 Å². The van der Waals surface area contributed by atoms with E-state index in [1.165, 1.54) is 5.56 Å². The lowest BCUT2D eigenvalue weighted by atomic mass is 9.91. The molecular weight excluding hydrogens is 495 g/mol. The van der Waals surface area contributed by atoms with Crippen molar-refractivity contribution in [1.29, 1.82) is 0 Å². The van der Waals surface area contributed by atoms with Gasteiger partial charge in [-0.2, -0.15) is 0 Å². The van der Waals surface area contributed by atoms with E-state index in [0.29, 0.717) is 45.7 Å². The molecule has 0 aliphatic carbocycles. The number of rotatable bonds is 9. The molecule has 1 saturated heterocycles. The molecule has 2 aromatic carbocycles. The average Bonchev–Trinajstić information content (AvgIpc) is 2.88. The van der Waals surface area contributed by atoms with Gasteiger partial charge in [-0.05, 0) is 37.1 Å². The fourth-order valence-electron chi connectivity index (χ4n) is 4.32. The number of piperidine rings is 1. The number of hydrogen-bond donors (Lipinski definition) is 4. The average molecular weight is 528 g/mol. The molecule has 0 saturated carbocycles. The summed E-state index contributed by atoms with van der Waals surface area (Å²) in [5.41, 5.74) is 9.65. The van der Waals surface area contributed by atoms with Crippen molar-refractivity contribution in [1.82, 2.24) is 20.6 Å². The number of nitrogens with one attached hydrogen (secondary N) is 3. The van der Waals surface area contributed by atoms with E-state index in [0.717, 1.165) is 37.1 Å². The molecular formula is C27H32Cl2N6O. The van der Waals surface area contributed by atoms with Gasteiger partial charge in [-0.1, -0.05) is 67.4 Å². The Morgan fingerprint density at radius 3 is 2.56 bits per heavy atom. The second-order valence-corrected chi connectivity index (χ2v) is 10.2. The molecule has 1 aromatic heterocycles. The third kappa shape index (κ3) is 6.53. The lowest BCUT2D eigenvalue weighted by Crippen LogP contribution is -2.50. The lowest BCUT2D eigenvalue weighted by molar-refractivity contribution is -0.124. The summed E-state index contributed by atoms with van der Waals surface area (Å²) >= 11 is 12.5. The molecule has 1 unspecified atom stereocenters.